The quantitative estimate of drug-likeness (QED) is 0.627. The Morgan fingerprint density at radius 3 is 2.82 bits per heavy atom. The van der Waals surface area contributed by atoms with Gasteiger partial charge in [-0.3, -0.25) is 4.79 Å². The number of carbonyl (C=O) groups excluding carboxylic acids is 1. The summed E-state index contributed by atoms with van der Waals surface area (Å²) in [6, 6.07) is 1.82. The van der Waals surface area contributed by atoms with Gasteiger partial charge in [-0.1, -0.05) is 12.2 Å². The maximum absolute atomic E-state index is 11.2. The van der Waals surface area contributed by atoms with Gasteiger partial charge >= 0.3 is 5.97 Å². The predicted molar refractivity (Wildman–Crippen MR) is 70.1 cm³/mol. The third-order valence-corrected chi connectivity index (χ3v) is 2.55. The SMILES string of the molecule is COC(=O)CN(C)c1nccc(C)c1C(N)=S. The maximum atomic E-state index is 11.2. The fourth-order valence-electron chi connectivity index (χ4n) is 1.47. The van der Waals surface area contributed by atoms with Gasteiger partial charge in [0, 0.05) is 13.2 Å². The lowest BCUT2D eigenvalue weighted by Crippen LogP contribution is -2.29. The molecular formula is C11H15N3O2S. The van der Waals surface area contributed by atoms with Crippen LogP contribution >= 0.6 is 12.2 Å². The molecule has 2 N–H and O–H groups in total. The Morgan fingerprint density at radius 1 is 1.65 bits per heavy atom. The highest BCUT2D eigenvalue weighted by molar-refractivity contribution is 7.80. The van der Waals surface area contributed by atoms with E-state index >= 15 is 0 Å². The van der Waals surface area contributed by atoms with Gasteiger partial charge in [0.2, 0.25) is 0 Å². The van der Waals surface area contributed by atoms with Crippen LogP contribution in [0.1, 0.15) is 11.1 Å². The first-order valence-electron chi connectivity index (χ1n) is 5.00. The number of rotatable bonds is 4. The van der Waals surface area contributed by atoms with Gasteiger partial charge in [0.05, 0.1) is 12.7 Å². The van der Waals surface area contributed by atoms with E-state index in [1.165, 1.54) is 7.11 Å². The third-order valence-electron chi connectivity index (χ3n) is 2.34. The molecule has 0 radical (unpaired) electrons. The van der Waals surface area contributed by atoms with Crippen LogP contribution in [-0.2, 0) is 9.53 Å². The van der Waals surface area contributed by atoms with Crippen molar-refractivity contribution < 1.29 is 9.53 Å². The van der Waals surface area contributed by atoms with Gasteiger partial charge < -0.3 is 15.4 Å². The highest BCUT2D eigenvalue weighted by Gasteiger charge is 2.15. The van der Waals surface area contributed by atoms with Crippen molar-refractivity contribution in [3.63, 3.8) is 0 Å². The van der Waals surface area contributed by atoms with E-state index in [0.717, 1.165) is 5.56 Å². The van der Waals surface area contributed by atoms with Gasteiger partial charge in [-0.25, -0.2) is 4.98 Å². The Balaban J connectivity index is 3.09. The van der Waals surface area contributed by atoms with E-state index in [2.05, 4.69) is 9.72 Å². The molecule has 0 aliphatic heterocycles. The molecule has 0 saturated heterocycles. The molecule has 0 aromatic carbocycles. The molecule has 6 heteroatoms. The van der Waals surface area contributed by atoms with Gasteiger partial charge in [0.1, 0.15) is 17.4 Å². The van der Waals surface area contributed by atoms with Crippen molar-refractivity contribution in [3.8, 4) is 0 Å². The van der Waals surface area contributed by atoms with E-state index in [1.807, 2.05) is 13.0 Å². The molecule has 0 amide bonds. The summed E-state index contributed by atoms with van der Waals surface area (Å²) in [7, 11) is 3.08. The fourth-order valence-corrected chi connectivity index (χ4v) is 1.72. The molecule has 1 aromatic heterocycles. The summed E-state index contributed by atoms with van der Waals surface area (Å²) in [5.74, 6) is 0.243. The molecule has 0 spiro atoms. The first-order chi connectivity index (χ1) is 7.97. The minimum atomic E-state index is -0.343. The molecule has 1 rings (SSSR count). The number of thiocarbonyl (C=S) groups is 1. The summed E-state index contributed by atoms with van der Waals surface area (Å²) < 4.78 is 4.60. The van der Waals surface area contributed by atoms with Gasteiger partial charge in [0.15, 0.2) is 0 Å². The van der Waals surface area contributed by atoms with Crippen LogP contribution in [0.15, 0.2) is 12.3 Å². The molecule has 92 valence electrons. The number of likely N-dealkylation sites (N-methyl/N-ethyl adjacent to an activating group) is 1. The summed E-state index contributed by atoms with van der Waals surface area (Å²) in [6.07, 6.45) is 1.65. The topological polar surface area (TPSA) is 68.5 Å². The van der Waals surface area contributed by atoms with Crippen LogP contribution in [0.5, 0.6) is 0 Å². The Labute approximate surface area is 106 Å². The third kappa shape index (κ3) is 3.13. The standard InChI is InChI=1S/C11H15N3O2S/c1-7-4-5-13-11(9(7)10(12)17)14(2)6-8(15)16-3/h4-5H,6H2,1-3H3,(H2,12,17). The van der Waals surface area contributed by atoms with Crippen molar-refractivity contribution in [2.24, 2.45) is 5.73 Å². The smallest absolute Gasteiger partial charge is 0.325 e. The molecule has 0 bridgehead atoms. The number of methoxy groups -OCH3 is 1. The number of aryl methyl sites for hydroxylation is 1. The molecule has 0 aliphatic carbocycles. The number of esters is 1. The second-order valence-corrected chi connectivity index (χ2v) is 4.06. The normalized spacial score (nSPS) is 9.82. The Bertz CT molecular complexity index is 448. The average Bonchev–Trinajstić information content (AvgIpc) is 2.27. The maximum Gasteiger partial charge on any atom is 0.325 e. The summed E-state index contributed by atoms with van der Waals surface area (Å²) in [6.45, 7) is 1.99. The molecular weight excluding hydrogens is 238 g/mol. The Morgan fingerprint density at radius 2 is 2.29 bits per heavy atom. The molecule has 17 heavy (non-hydrogen) atoms. The van der Waals surface area contributed by atoms with E-state index in [9.17, 15) is 4.79 Å². The minimum Gasteiger partial charge on any atom is -0.468 e. The largest absolute Gasteiger partial charge is 0.468 e. The number of anilines is 1. The van der Waals surface area contributed by atoms with Gasteiger partial charge in [0.25, 0.3) is 0 Å². The van der Waals surface area contributed by atoms with Gasteiger partial charge in [-0.15, -0.1) is 0 Å². The molecule has 0 saturated carbocycles. The van der Waals surface area contributed by atoms with Crippen molar-refractivity contribution in [2.45, 2.75) is 6.92 Å². The van der Waals surface area contributed by atoms with Gasteiger partial charge in [-0.2, -0.15) is 0 Å². The molecule has 0 aliphatic rings. The molecule has 5 nitrogen and oxygen atoms in total. The van der Waals surface area contributed by atoms with E-state index < -0.39 is 0 Å². The van der Waals surface area contributed by atoms with Gasteiger partial charge in [-0.05, 0) is 18.6 Å². The first kappa shape index (κ1) is 13.4. The number of aromatic nitrogens is 1. The summed E-state index contributed by atoms with van der Waals surface area (Å²) in [5.41, 5.74) is 7.28. The van der Waals surface area contributed by atoms with Crippen LogP contribution in [0.4, 0.5) is 5.82 Å². The van der Waals surface area contributed by atoms with Crippen LogP contribution in [0.3, 0.4) is 0 Å². The number of nitrogens with two attached hydrogens (primary N) is 1. The van der Waals surface area contributed by atoms with Crippen LogP contribution in [0, 0.1) is 6.92 Å². The van der Waals surface area contributed by atoms with Crippen molar-refractivity contribution in [1.29, 1.82) is 0 Å². The van der Waals surface area contributed by atoms with Crippen LogP contribution in [0.2, 0.25) is 0 Å². The molecule has 0 fully saturated rings. The fraction of sp³-hybridized carbons (Fsp3) is 0.364. The lowest BCUT2D eigenvalue weighted by Gasteiger charge is -2.20. The molecule has 1 aromatic rings. The van der Waals surface area contributed by atoms with Crippen molar-refractivity contribution >= 4 is 29.0 Å². The Kier molecular flexibility index (Phi) is 4.39. The van der Waals surface area contributed by atoms with Crippen molar-refractivity contribution in [2.75, 3.05) is 25.6 Å². The molecule has 1 heterocycles. The average molecular weight is 253 g/mol. The monoisotopic (exact) mass is 253 g/mol. The number of carbonyl (C=O) groups is 1. The molecule has 0 atom stereocenters. The highest BCUT2D eigenvalue weighted by atomic mass is 32.1. The minimum absolute atomic E-state index is 0.0998. The lowest BCUT2D eigenvalue weighted by molar-refractivity contribution is -0.138. The summed E-state index contributed by atoms with van der Waals surface area (Å²) in [4.78, 5) is 17.3. The number of nitrogens with zero attached hydrogens (tertiary/aromatic N) is 2. The van der Waals surface area contributed by atoms with E-state index in [0.29, 0.717) is 11.4 Å². The number of ether oxygens (including phenoxy) is 1. The van der Waals surface area contributed by atoms with E-state index in [1.54, 1.807) is 18.1 Å². The second-order valence-electron chi connectivity index (χ2n) is 3.62. The van der Waals surface area contributed by atoms with Crippen molar-refractivity contribution in [3.05, 3.63) is 23.4 Å². The van der Waals surface area contributed by atoms with E-state index in [-0.39, 0.29) is 17.5 Å². The van der Waals surface area contributed by atoms with E-state index in [4.69, 9.17) is 18.0 Å². The summed E-state index contributed by atoms with van der Waals surface area (Å²) >= 11 is 4.99. The Hall–Kier alpha value is -1.69. The van der Waals surface area contributed by atoms with Crippen LogP contribution in [-0.4, -0.2) is 36.6 Å². The van der Waals surface area contributed by atoms with Crippen molar-refractivity contribution in [1.82, 2.24) is 4.98 Å². The molecule has 0 unspecified atom stereocenters. The van der Waals surface area contributed by atoms with Crippen LogP contribution in [0.25, 0.3) is 0 Å². The highest BCUT2D eigenvalue weighted by Crippen LogP contribution is 2.19. The zero-order valence-corrected chi connectivity index (χ0v) is 10.9. The zero-order chi connectivity index (χ0) is 13.0. The van der Waals surface area contributed by atoms with Crippen LogP contribution < -0.4 is 10.6 Å². The summed E-state index contributed by atoms with van der Waals surface area (Å²) in [5, 5.41) is 0. The lowest BCUT2D eigenvalue weighted by atomic mass is 10.1. The second kappa shape index (κ2) is 5.58. The number of hydrogen-bond donors (Lipinski definition) is 1. The predicted octanol–water partition coefficient (Wildman–Crippen LogP) is 0.633. The number of pyridine rings is 1. The number of hydrogen-bond acceptors (Lipinski definition) is 5. The zero-order valence-electron chi connectivity index (χ0n) is 10.1. The first-order valence-corrected chi connectivity index (χ1v) is 5.41.